The standard InChI is InChI=1S/C8H13NO/c1-2-4-8(5-3-1)6-10-7-9-8/h7H,1-6H2. The molecule has 56 valence electrons. The Bertz CT molecular complexity index is 147. The highest BCUT2D eigenvalue weighted by molar-refractivity contribution is 5.50. The van der Waals surface area contributed by atoms with E-state index in [1.165, 1.54) is 32.1 Å². The molecule has 0 amide bonds. The highest BCUT2D eigenvalue weighted by atomic mass is 16.5. The van der Waals surface area contributed by atoms with Gasteiger partial charge in [0.1, 0.15) is 6.61 Å². The first kappa shape index (κ1) is 6.20. The first-order chi connectivity index (χ1) is 4.91. The summed E-state index contributed by atoms with van der Waals surface area (Å²) >= 11 is 0. The number of hydrogen-bond donors (Lipinski definition) is 0. The van der Waals surface area contributed by atoms with Gasteiger partial charge in [-0.3, -0.25) is 0 Å². The summed E-state index contributed by atoms with van der Waals surface area (Å²) in [6.07, 6.45) is 8.16. The van der Waals surface area contributed by atoms with Gasteiger partial charge in [0.15, 0.2) is 6.40 Å². The van der Waals surface area contributed by atoms with Crippen LogP contribution in [0, 0.1) is 0 Å². The van der Waals surface area contributed by atoms with E-state index in [9.17, 15) is 0 Å². The number of ether oxygens (including phenoxy) is 1. The average molecular weight is 139 g/mol. The van der Waals surface area contributed by atoms with Gasteiger partial charge in [-0.25, -0.2) is 4.99 Å². The molecule has 2 aliphatic rings. The van der Waals surface area contributed by atoms with Crippen LogP contribution < -0.4 is 0 Å². The smallest absolute Gasteiger partial charge is 0.170 e. The second-order valence-corrected chi connectivity index (χ2v) is 3.33. The average Bonchev–Trinajstić information content (AvgIpc) is 2.39. The lowest BCUT2D eigenvalue weighted by atomic mass is 9.83. The summed E-state index contributed by atoms with van der Waals surface area (Å²) in [5.41, 5.74) is 0.220. The maximum Gasteiger partial charge on any atom is 0.170 e. The molecule has 0 atom stereocenters. The highest BCUT2D eigenvalue weighted by Crippen LogP contribution is 2.33. The van der Waals surface area contributed by atoms with Crippen LogP contribution in [0.25, 0.3) is 0 Å². The Labute approximate surface area is 61.3 Å². The van der Waals surface area contributed by atoms with E-state index < -0.39 is 0 Å². The molecule has 0 aromatic heterocycles. The molecule has 2 heteroatoms. The predicted octanol–water partition coefficient (Wildman–Crippen LogP) is 1.75. The van der Waals surface area contributed by atoms with Gasteiger partial charge in [-0.05, 0) is 12.8 Å². The largest absolute Gasteiger partial charge is 0.481 e. The molecule has 2 rings (SSSR count). The Morgan fingerprint density at radius 3 is 2.60 bits per heavy atom. The molecule has 0 saturated heterocycles. The lowest BCUT2D eigenvalue weighted by molar-refractivity contribution is 0.211. The monoisotopic (exact) mass is 139 g/mol. The van der Waals surface area contributed by atoms with Crippen molar-refractivity contribution in [3.05, 3.63) is 0 Å². The molecule has 1 heterocycles. The van der Waals surface area contributed by atoms with Crippen LogP contribution in [0.2, 0.25) is 0 Å². The van der Waals surface area contributed by atoms with Crippen molar-refractivity contribution < 1.29 is 4.74 Å². The molecule has 1 fully saturated rings. The van der Waals surface area contributed by atoms with Crippen molar-refractivity contribution in [3.63, 3.8) is 0 Å². The summed E-state index contributed by atoms with van der Waals surface area (Å²) in [4.78, 5) is 4.38. The van der Waals surface area contributed by atoms with E-state index in [0.29, 0.717) is 0 Å². The van der Waals surface area contributed by atoms with Gasteiger partial charge in [-0.1, -0.05) is 19.3 Å². The molecular formula is C8H13NO. The minimum atomic E-state index is 0.220. The van der Waals surface area contributed by atoms with Crippen LogP contribution in [0.15, 0.2) is 4.99 Å². The van der Waals surface area contributed by atoms with E-state index in [-0.39, 0.29) is 5.54 Å². The SMILES string of the molecule is C1=NC2(CCCCC2)CO1. The topological polar surface area (TPSA) is 21.6 Å². The summed E-state index contributed by atoms with van der Waals surface area (Å²) < 4.78 is 5.15. The van der Waals surface area contributed by atoms with E-state index in [2.05, 4.69) is 4.99 Å². The van der Waals surface area contributed by atoms with Gasteiger partial charge in [0.05, 0.1) is 5.54 Å². The molecule has 0 bridgehead atoms. The molecule has 1 aliphatic carbocycles. The number of aliphatic imine (C=N–C) groups is 1. The van der Waals surface area contributed by atoms with Gasteiger partial charge < -0.3 is 4.74 Å². The van der Waals surface area contributed by atoms with Gasteiger partial charge in [-0.15, -0.1) is 0 Å². The van der Waals surface area contributed by atoms with Crippen LogP contribution in [-0.4, -0.2) is 18.5 Å². The molecule has 1 saturated carbocycles. The number of rotatable bonds is 0. The zero-order chi connectivity index (χ0) is 6.86. The second-order valence-electron chi connectivity index (χ2n) is 3.33. The third kappa shape index (κ3) is 0.917. The van der Waals surface area contributed by atoms with Gasteiger partial charge in [0.2, 0.25) is 0 Å². The lowest BCUT2D eigenvalue weighted by Crippen LogP contribution is -2.30. The summed E-state index contributed by atoms with van der Waals surface area (Å²) in [5.74, 6) is 0. The highest BCUT2D eigenvalue weighted by Gasteiger charge is 2.34. The zero-order valence-corrected chi connectivity index (χ0v) is 6.18. The van der Waals surface area contributed by atoms with E-state index in [1.54, 1.807) is 6.40 Å². The van der Waals surface area contributed by atoms with Crippen LogP contribution in [0.5, 0.6) is 0 Å². The van der Waals surface area contributed by atoms with Gasteiger partial charge >= 0.3 is 0 Å². The van der Waals surface area contributed by atoms with E-state index in [0.717, 1.165) is 6.61 Å². The third-order valence-electron chi connectivity index (χ3n) is 2.54. The van der Waals surface area contributed by atoms with Crippen LogP contribution in [0.4, 0.5) is 0 Å². The first-order valence-corrected chi connectivity index (χ1v) is 4.07. The molecule has 0 unspecified atom stereocenters. The second kappa shape index (κ2) is 2.26. The van der Waals surface area contributed by atoms with Gasteiger partial charge in [0.25, 0.3) is 0 Å². The Balaban J connectivity index is 2.05. The maximum absolute atomic E-state index is 5.15. The van der Waals surface area contributed by atoms with Crippen LogP contribution in [0.1, 0.15) is 32.1 Å². The Hall–Kier alpha value is -0.530. The third-order valence-corrected chi connectivity index (χ3v) is 2.54. The molecule has 0 aromatic carbocycles. The minimum absolute atomic E-state index is 0.220. The summed E-state index contributed by atoms with van der Waals surface area (Å²) in [7, 11) is 0. The van der Waals surface area contributed by atoms with E-state index >= 15 is 0 Å². The van der Waals surface area contributed by atoms with Crippen molar-refractivity contribution in [2.45, 2.75) is 37.6 Å². The molecule has 0 aromatic rings. The van der Waals surface area contributed by atoms with Crippen molar-refractivity contribution in [1.82, 2.24) is 0 Å². The molecule has 2 nitrogen and oxygen atoms in total. The van der Waals surface area contributed by atoms with Crippen molar-refractivity contribution in [2.24, 2.45) is 4.99 Å². The molecule has 0 radical (unpaired) electrons. The summed E-state index contributed by atoms with van der Waals surface area (Å²) in [5, 5.41) is 0. The molecule has 10 heavy (non-hydrogen) atoms. The van der Waals surface area contributed by atoms with E-state index in [4.69, 9.17) is 4.74 Å². The molecular weight excluding hydrogens is 126 g/mol. The van der Waals surface area contributed by atoms with Gasteiger partial charge in [-0.2, -0.15) is 0 Å². The maximum atomic E-state index is 5.15. The Morgan fingerprint density at radius 2 is 2.00 bits per heavy atom. The van der Waals surface area contributed by atoms with Crippen LogP contribution in [0.3, 0.4) is 0 Å². The minimum Gasteiger partial charge on any atom is -0.481 e. The van der Waals surface area contributed by atoms with E-state index in [1.807, 2.05) is 0 Å². The van der Waals surface area contributed by atoms with Crippen molar-refractivity contribution in [3.8, 4) is 0 Å². The predicted molar refractivity (Wildman–Crippen MR) is 40.3 cm³/mol. The van der Waals surface area contributed by atoms with Crippen LogP contribution in [-0.2, 0) is 4.74 Å². The normalized spacial score (nSPS) is 28.8. The summed E-state index contributed by atoms with van der Waals surface area (Å²) in [6.45, 7) is 0.840. The Kier molecular flexibility index (Phi) is 1.40. The quantitative estimate of drug-likeness (QED) is 0.501. The van der Waals surface area contributed by atoms with Crippen LogP contribution >= 0.6 is 0 Å². The number of hydrogen-bond acceptors (Lipinski definition) is 2. The number of nitrogens with zero attached hydrogens (tertiary/aromatic N) is 1. The van der Waals surface area contributed by atoms with Crippen molar-refractivity contribution >= 4 is 6.40 Å². The fraction of sp³-hybridized carbons (Fsp3) is 0.875. The lowest BCUT2D eigenvalue weighted by Gasteiger charge is -2.28. The fourth-order valence-electron chi connectivity index (χ4n) is 1.86. The molecule has 0 N–H and O–H groups in total. The summed E-state index contributed by atoms with van der Waals surface area (Å²) in [6, 6.07) is 0. The fourth-order valence-corrected chi connectivity index (χ4v) is 1.86. The molecule has 1 spiro atoms. The van der Waals surface area contributed by atoms with Crippen molar-refractivity contribution in [2.75, 3.05) is 6.61 Å². The van der Waals surface area contributed by atoms with Crippen molar-refractivity contribution in [1.29, 1.82) is 0 Å². The first-order valence-electron chi connectivity index (χ1n) is 4.07. The van der Waals surface area contributed by atoms with Gasteiger partial charge in [0, 0.05) is 0 Å². The zero-order valence-electron chi connectivity index (χ0n) is 6.18. The molecule has 1 aliphatic heterocycles. The Morgan fingerprint density at radius 1 is 1.20 bits per heavy atom.